The van der Waals surface area contributed by atoms with Crippen LogP contribution in [0, 0.1) is 6.92 Å². The lowest BCUT2D eigenvalue weighted by Crippen LogP contribution is -2.17. The van der Waals surface area contributed by atoms with Crippen LogP contribution in [0.15, 0.2) is 59.8 Å². The maximum atomic E-state index is 13.1. The van der Waals surface area contributed by atoms with Gasteiger partial charge in [0.15, 0.2) is 5.16 Å². The van der Waals surface area contributed by atoms with E-state index in [1.807, 2.05) is 59.2 Å². The minimum Gasteiger partial charge on any atom is -0.462 e. The molecule has 0 bridgehead atoms. The highest BCUT2D eigenvalue weighted by atomic mass is 35.5. The first kappa shape index (κ1) is 30.3. The minimum atomic E-state index is -0.618. The summed E-state index contributed by atoms with van der Waals surface area (Å²) < 4.78 is 12.3. The van der Waals surface area contributed by atoms with Crippen molar-refractivity contribution in [3.05, 3.63) is 92.6 Å². The van der Waals surface area contributed by atoms with Crippen molar-refractivity contribution in [1.82, 2.24) is 14.8 Å². The van der Waals surface area contributed by atoms with Gasteiger partial charge in [0.25, 0.3) is 0 Å². The van der Waals surface area contributed by atoms with Gasteiger partial charge >= 0.3 is 11.9 Å². The summed E-state index contributed by atoms with van der Waals surface area (Å²) in [5, 5.41) is 13.0. The molecule has 0 saturated heterocycles. The van der Waals surface area contributed by atoms with E-state index in [1.54, 1.807) is 20.8 Å². The third-order valence-corrected chi connectivity index (χ3v) is 8.33. The largest absolute Gasteiger partial charge is 0.462 e. The molecule has 0 aliphatic heterocycles. The molecule has 4 aromatic rings. The molecule has 9 nitrogen and oxygen atoms in total. The summed E-state index contributed by atoms with van der Waals surface area (Å²) in [7, 11) is 0. The Labute approximate surface area is 251 Å². The van der Waals surface area contributed by atoms with E-state index in [4.69, 9.17) is 21.1 Å². The van der Waals surface area contributed by atoms with Crippen LogP contribution in [0.1, 0.15) is 56.4 Å². The molecule has 0 atom stereocenters. The SMILES string of the molecule is CCOC(=O)c1sc(NC(=O)CSc2nnc(Cc3ccccc3)n2Cc2ccc(Cl)cc2)c(C(=O)OCC)c1C. The molecule has 2 aromatic carbocycles. The zero-order chi connectivity index (χ0) is 29.4. The Hall–Kier alpha value is -3.67. The molecule has 0 aliphatic carbocycles. The Morgan fingerprint density at radius 3 is 2.32 bits per heavy atom. The van der Waals surface area contributed by atoms with Crippen LogP contribution in [-0.2, 0) is 27.2 Å². The molecule has 214 valence electrons. The van der Waals surface area contributed by atoms with Gasteiger partial charge in [-0.3, -0.25) is 4.79 Å². The van der Waals surface area contributed by atoms with Gasteiger partial charge in [-0.1, -0.05) is 65.8 Å². The monoisotopic (exact) mass is 612 g/mol. The molecule has 2 aromatic heterocycles. The molecule has 0 fully saturated rings. The maximum Gasteiger partial charge on any atom is 0.348 e. The van der Waals surface area contributed by atoms with Gasteiger partial charge in [0, 0.05) is 11.4 Å². The molecular weight excluding hydrogens is 584 g/mol. The second-order valence-electron chi connectivity index (χ2n) is 8.81. The van der Waals surface area contributed by atoms with E-state index in [0.717, 1.165) is 28.3 Å². The number of amides is 1. The molecule has 41 heavy (non-hydrogen) atoms. The fourth-order valence-electron chi connectivity index (χ4n) is 4.00. The van der Waals surface area contributed by atoms with Crippen LogP contribution in [0.2, 0.25) is 5.02 Å². The van der Waals surface area contributed by atoms with Gasteiger partial charge in [-0.2, -0.15) is 0 Å². The summed E-state index contributed by atoms with van der Waals surface area (Å²) in [5.41, 5.74) is 2.65. The molecule has 0 spiro atoms. The standard InChI is InChI=1S/C29H29ClN4O5S2/c1-4-38-27(36)24-18(3)25(28(37)39-5-2)41-26(24)31-23(35)17-40-29-33-32-22(15-19-9-7-6-8-10-19)34(29)16-20-11-13-21(30)14-12-20/h6-14H,4-5,15-17H2,1-3H3,(H,31,35). The number of thiophene rings is 1. The number of aromatic nitrogens is 3. The highest BCUT2D eigenvalue weighted by molar-refractivity contribution is 7.99. The molecule has 0 aliphatic rings. The van der Waals surface area contributed by atoms with Crippen LogP contribution in [0.3, 0.4) is 0 Å². The average Bonchev–Trinajstić information content (AvgIpc) is 3.49. The van der Waals surface area contributed by atoms with Gasteiger partial charge in [-0.05, 0) is 49.6 Å². The lowest BCUT2D eigenvalue weighted by Gasteiger charge is -2.11. The van der Waals surface area contributed by atoms with E-state index in [-0.39, 0.29) is 40.3 Å². The van der Waals surface area contributed by atoms with Gasteiger partial charge in [0.2, 0.25) is 5.91 Å². The van der Waals surface area contributed by atoms with E-state index in [0.29, 0.717) is 28.7 Å². The number of nitrogens with zero attached hydrogens (tertiary/aromatic N) is 3. The number of nitrogens with one attached hydrogen (secondary N) is 1. The summed E-state index contributed by atoms with van der Waals surface area (Å²) in [6.07, 6.45) is 0.572. The highest BCUT2D eigenvalue weighted by Gasteiger charge is 2.27. The van der Waals surface area contributed by atoms with Gasteiger partial charge < -0.3 is 19.4 Å². The Balaban J connectivity index is 1.54. The third-order valence-electron chi connectivity index (χ3n) is 5.92. The fraction of sp³-hybridized carbons (Fsp3) is 0.276. The Morgan fingerprint density at radius 1 is 0.951 bits per heavy atom. The van der Waals surface area contributed by atoms with Crippen LogP contribution in [-0.4, -0.2) is 51.6 Å². The van der Waals surface area contributed by atoms with Crippen molar-refractivity contribution in [2.45, 2.75) is 38.9 Å². The second-order valence-corrected chi connectivity index (χ2v) is 11.2. The summed E-state index contributed by atoms with van der Waals surface area (Å²) in [6.45, 7) is 5.85. The molecule has 1 N–H and O–H groups in total. The first-order valence-electron chi connectivity index (χ1n) is 12.9. The molecule has 4 rings (SSSR count). The number of hydrogen-bond acceptors (Lipinski definition) is 9. The smallest absolute Gasteiger partial charge is 0.348 e. The number of carbonyl (C=O) groups is 3. The van der Waals surface area contributed by atoms with E-state index >= 15 is 0 Å². The quantitative estimate of drug-likeness (QED) is 0.153. The summed E-state index contributed by atoms with van der Waals surface area (Å²) in [6, 6.07) is 17.5. The van der Waals surface area contributed by atoms with Gasteiger partial charge in [0.05, 0.1) is 31.1 Å². The number of thioether (sulfide) groups is 1. The number of esters is 2. The normalized spacial score (nSPS) is 10.8. The van der Waals surface area contributed by atoms with Gasteiger partial charge in [-0.25, -0.2) is 9.59 Å². The molecule has 2 heterocycles. The van der Waals surface area contributed by atoms with Crippen LogP contribution in [0.4, 0.5) is 5.00 Å². The number of rotatable bonds is 12. The summed E-state index contributed by atoms with van der Waals surface area (Å²) in [4.78, 5) is 38.4. The molecule has 1 amide bonds. The van der Waals surface area contributed by atoms with E-state index in [9.17, 15) is 14.4 Å². The Morgan fingerprint density at radius 2 is 1.63 bits per heavy atom. The molecular formula is C29H29ClN4O5S2. The average molecular weight is 613 g/mol. The van der Waals surface area contributed by atoms with Crippen LogP contribution < -0.4 is 5.32 Å². The van der Waals surface area contributed by atoms with Crippen molar-refractivity contribution < 1.29 is 23.9 Å². The zero-order valence-corrected chi connectivity index (χ0v) is 25.2. The molecule has 0 saturated carbocycles. The number of carbonyl (C=O) groups excluding carboxylic acids is 3. The van der Waals surface area contributed by atoms with Gasteiger partial charge in [0.1, 0.15) is 15.7 Å². The number of ether oxygens (including phenoxy) is 2. The number of benzene rings is 2. The number of anilines is 1. The highest BCUT2D eigenvalue weighted by Crippen LogP contribution is 2.34. The lowest BCUT2D eigenvalue weighted by atomic mass is 10.1. The Kier molecular flexibility index (Phi) is 10.6. The molecule has 0 radical (unpaired) electrons. The first-order valence-corrected chi connectivity index (χ1v) is 15.1. The molecule has 0 unspecified atom stereocenters. The predicted octanol–water partition coefficient (Wildman–Crippen LogP) is 6.02. The van der Waals surface area contributed by atoms with Crippen molar-refractivity contribution in [3.8, 4) is 0 Å². The summed E-state index contributed by atoms with van der Waals surface area (Å²) in [5.74, 6) is -0.794. The van der Waals surface area contributed by atoms with E-state index in [2.05, 4.69) is 15.5 Å². The Bertz CT molecular complexity index is 1520. The predicted molar refractivity (Wildman–Crippen MR) is 160 cm³/mol. The van der Waals surface area contributed by atoms with Crippen LogP contribution >= 0.6 is 34.7 Å². The van der Waals surface area contributed by atoms with Crippen molar-refractivity contribution in [1.29, 1.82) is 0 Å². The van der Waals surface area contributed by atoms with Crippen molar-refractivity contribution >= 4 is 57.5 Å². The lowest BCUT2D eigenvalue weighted by molar-refractivity contribution is -0.113. The van der Waals surface area contributed by atoms with Crippen molar-refractivity contribution in [2.24, 2.45) is 0 Å². The second kappa shape index (κ2) is 14.3. The first-order chi connectivity index (χ1) is 19.8. The number of halogens is 1. The zero-order valence-electron chi connectivity index (χ0n) is 22.8. The fourth-order valence-corrected chi connectivity index (χ4v) is 5.99. The maximum absolute atomic E-state index is 13.1. The van der Waals surface area contributed by atoms with E-state index < -0.39 is 11.9 Å². The van der Waals surface area contributed by atoms with Crippen molar-refractivity contribution in [3.63, 3.8) is 0 Å². The summed E-state index contributed by atoms with van der Waals surface area (Å²) >= 11 is 8.29. The topological polar surface area (TPSA) is 112 Å². The minimum absolute atomic E-state index is 0.00194. The third kappa shape index (κ3) is 7.75. The van der Waals surface area contributed by atoms with Crippen molar-refractivity contribution in [2.75, 3.05) is 24.3 Å². The number of hydrogen-bond donors (Lipinski definition) is 1. The van der Waals surface area contributed by atoms with Crippen LogP contribution in [0.5, 0.6) is 0 Å². The molecule has 12 heteroatoms. The van der Waals surface area contributed by atoms with E-state index in [1.165, 1.54) is 11.8 Å². The van der Waals surface area contributed by atoms with Crippen LogP contribution in [0.25, 0.3) is 0 Å². The van der Waals surface area contributed by atoms with Gasteiger partial charge in [-0.15, -0.1) is 21.5 Å².